The summed E-state index contributed by atoms with van der Waals surface area (Å²) in [5, 5.41) is 8.99. The van der Waals surface area contributed by atoms with Crippen LogP contribution in [0.3, 0.4) is 0 Å². The molecule has 0 fully saturated rings. The maximum Gasteiger partial charge on any atom is 0.248 e. The van der Waals surface area contributed by atoms with Gasteiger partial charge >= 0.3 is 0 Å². The van der Waals surface area contributed by atoms with Crippen molar-refractivity contribution < 1.29 is 18.3 Å². The molecule has 0 aliphatic heterocycles. The van der Waals surface area contributed by atoms with Gasteiger partial charge in [0.15, 0.2) is 0 Å². The van der Waals surface area contributed by atoms with Gasteiger partial charge in [0.1, 0.15) is 0 Å². The molecule has 0 radical (unpaired) electrons. The number of benzene rings is 1. The van der Waals surface area contributed by atoms with Gasteiger partial charge in [-0.05, 0) is 31.2 Å². The van der Waals surface area contributed by atoms with Crippen LogP contribution in [-0.2, 0) is 10.0 Å². The van der Waals surface area contributed by atoms with Crippen molar-refractivity contribution in [3.63, 3.8) is 0 Å². The van der Waals surface area contributed by atoms with E-state index in [9.17, 15) is 13.2 Å². The van der Waals surface area contributed by atoms with Crippen molar-refractivity contribution in [2.75, 3.05) is 6.54 Å². The molecule has 0 saturated carbocycles. The van der Waals surface area contributed by atoms with Crippen LogP contribution in [0.4, 0.5) is 0 Å². The lowest BCUT2D eigenvalue weighted by molar-refractivity contribution is 0.1000. The Morgan fingerprint density at radius 1 is 1.41 bits per heavy atom. The van der Waals surface area contributed by atoms with E-state index in [1.807, 2.05) is 0 Å². The van der Waals surface area contributed by atoms with Crippen molar-refractivity contribution in [1.82, 2.24) is 4.72 Å². The number of primary amides is 1. The summed E-state index contributed by atoms with van der Waals surface area (Å²) in [5.74, 6) is -0.620. The van der Waals surface area contributed by atoms with E-state index in [2.05, 4.69) is 4.72 Å². The van der Waals surface area contributed by atoms with Crippen LogP contribution in [0.15, 0.2) is 29.2 Å². The van der Waals surface area contributed by atoms with E-state index in [4.69, 9.17) is 10.8 Å². The van der Waals surface area contributed by atoms with Gasteiger partial charge in [0.2, 0.25) is 15.9 Å². The zero-order valence-corrected chi connectivity index (χ0v) is 10.1. The Labute approximate surface area is 99.5 Å². The number of hydrogen-bond donors (Lipinski definition) is 3. The summed E-state index contributed by atoms with van der Waals surface area (Å²) in [5.41, 5.74) is 5.27. The molecule has 0 aliphatic rings. The van der Waals surface area contributed by atoms with Gasteiger partial charge in [-0.2, -0.15) is 0 Å². The van der Waals surface area contributed by atoms with Crippen LogP contribution in [0.5, 0.6) is 0 Å². The van der Waals surface area contributed by atoms with Crippen LogP contribution in [0.1, 0.15) is 17.3 Å². The van der Waals surface area contributed by atoms with Gasteiger partial charge in [-0.1, -0.05) is 0 Å². The highest BCUT2D eigenvalue weighted by atomic mass is 32.2. The molecule has 0 aliphatic carbocycles. The molecule has 0 saturated heterocycles. The van der Waals surface area contributed by atoms with Crippen LogP contribution in [0, 0.1) is 0 Å². The molecule has 1 rings (SSSR count). The third-order valence-electron chi connectivity index (χ3n) is 2.02. The van der Waals surface area contributed by atoms with Crippen LogP contribution < -0.4 is 10.5 Å². The summed E-state index contributed by atoms with van der Waals surface area (Å²) in [6.07, 6.45) is -0.769. The molecule has 1 aromatic carbocycles. The van der Waals surface area contributed by atoms with Crippen molar-refractivity contribution in [2.24, 2.45) is 5.73 Å². The normalized spacial score (nSPS) is 13.3. The second kappa shape index (κ2) is 5.26. The van der Waals surface area contributed by atoms with Crippen molar-refractivity contribution in [3.8, 4) is 0 Å². The highest BCUT2D eigenvalue weighted by Crippen LogP contribution is 2.10. The van der Waals surface area contributed by atoms with E-state index < -0.39 is 22.0 Å². The number of rotatable bonds is 5. The van der Waals surface area contributed by atoms with E-state index in [1.54, 1.807) is 0 Å². The number of carbonyl (C=O) groups excluding carboxylic acids is 1. The van der Waals surface area contributed by atoms with Crippen LogP contribution in [0.2, 0.25) is 0 Å². The van der Waals surface area contributed by atoms with Gasteiger partial charge in [0.25, 0.3) is 0 Å². The molecule has 1 unspecified atom stereocenters. The summed E-state index contributed by atoms with van der Waals surface area (Å²) >= 11 is 0. The smallest absolute Gasteiger partial charge is 0.248 e. The quantitative estimate of drug-likeness (QED) is 0.658. The molecular weight excluding hydrogens is 244 g/mol. The van der Waals surface area contributed by atoms with Gasteiger partial charge in [-0.3, -0.25) is 4.79 Å². The summed E-state index contributed by atoms with van der Waals surface area (Å²) in [4.78, 5) is 10.8. The van der Waals surface area contributed by atoms with Gasteiger partial charge in [0, 0.05) is 12.1 Å². The Morgan fingerprint density at radius 3 is 2.35 bits per heavy atom. The molecular formula is C10H14N2O4S. The first-order chi connectivity index (χ1) is 7.83. The highest BCUT2D eigenvalue weighted by molar-refractivity contribution is 7.89. The molecule has 6 nitrogen and oxygen atoms in total. The number of aliphatic hydroxyl groups is 1. The van der Waals surface area contributed by atoms with Gasteiger partial charge < -0.3 is 10.8 Å². The van der Waals surface area contributed by atoms with Crippen molar-refractivity contribution in [3.05, 3.63) is 29.8 Å². The first kappa shape index (κ1) is 13.6. The molecule has 17 heavy (non-hydrogen) atoms. The third kappa shape index (κ3) is 3.81. The Hall–Kier alpha value is -1.44. The average molecular weight is 258 g/mol. The highest BCUT2D eigenvalue weighted by Gasteiger charge is 2.14. The number of nitrogens with two attached hydrogens (primary N) is 1. The minimum atomic E-state index is -3.66. The van der Waals surface area contributed by atoms with Crippen molar-refractivity contribution >= 4 is 15.9 Å². The Balaban J connectivity index is 2.89. The molecule has 0 spiro atoms. The number of hydrogen-bond acceptors (Lipinski definition) is 4. The van der Waals surface area contributed by atoms with Gasteiger partial charge in [0.05, 0.1) is 11.0 Å². The average Bonchev–Trinajstić information content (AvgIpc) is 2.27. The maximum absolute atomic E-state index is 11.7. The van der Waals surface area contributed by atoms with Gasteiger partial charge in [-0.15, -0.1) is 0 Å². The summed E-state index contributed by atoms with van der Waals surface area (Å²) in [6, 6.07) is 5.23. The predicted octanol–water partition coefficient (Wildman–Crippen LogP) is -0.555. The summed E-state index contributed by atoms with van der Waals surface area (Å²) in [7, 11) is -3.66. The minimum Gasteiger partial charge on any atom is -0.392 e. The van der Waals surface area contributed by atoms with Gasteiger partial charge in [-0.25, -0.2) is 13.1 Å². The SMILES string of the molecule is CC(O)CNS(=O)(=O)c1ccc(C(N)=O)cc1. The molecule has 1 aromatic rings. The van der Waals surface area contributed by atoms with E-state index in [0.717, 1.165) is 0 Å². The zero-order valence-electron chi connectivity index (χ0n) is 9.25. The predicted molar refractivity (Wildman–Crippen MR) is 61.8 cm³/mol. The number of aliphatic hydroxyl groups excluding tert-OH is 1. The van der Waals surface area contributed by atoms with Crippen LogP contribution in [-0.4, -0.2) is 32.1 Å². The van der Waals surface area contributed by atoms with Crippen molar-refractivity contribution in [1.29, 1.82) is 0 Å². The molecule has 94 valence electrons. The van der Waals surface area contributed by atoms with E-state index >= 15 is 0 Å². The second-order valence-electron chi connectivity index (χ2n) is 3.59. The number of carbonyl (C=O) groups is 1. The molecule has 1 amide bonds. The van der Waals surface area contributed by atoms with Crippen LogP contribution in [0.25, 0.3) is 0 Å². The first-order valence-electron chi connectivity index (χ1n) is 4.90. The minimum absolute atomic E-state index is 0.0168. The fourth-order valence-corrected chi connectivity index (χ4v) is 2.23. The maximum atomic E-state index is 11.7. The van der Waals surface area contributed by atoms with Crippen molar-refractivity contribution in [2.45, 2.75) is 17.9 Å². The van der Waals surface area contributed by atoms with E-state index in [0.29, 0.717) is 0 Å². The Morgan fingerprint density at radius 2 is 1.94 bits per heavy atom. The fraction of sp³-hybridized carbons (Fsp3) is 0.300. The summed E-state index contributed by atoms with van der Waals surface area (Å²) < 4.78 is 25.6. The number of sulfonamides is 1. The number of nitrogens with one attached hydrogen (secondary N) is 1. The standard InChI is InChI=1S/C10H14N2O4S/c1-7(13)6-12-17(15,16)9-4-2-8(3-5-9)10(11)14/h2-5,7,12-13H,6H2,1H3,(H2,11,14). The molecule has 0 bridgehead atoms. The lowest BCUT2D eigenvalue weighted by atomic mass is 10.2. The largest absolute Gasteiger partial charge is 0.392 e. The Kier molecular flexibility index (Phi) is 4.22. The topological polar surface area (TPSA) is 109 Å². The Bertz CT molecular complexity index is 494. The molecule has 0 heterocycles. The molecule has 0 aromatic heterocycles. The molecule has 1 atom stereocenters. The lowest BCUT2D eigenvalue weighted by Gasteiger charge is -2.08. The summed E-state index contributed by atoms with van der Waals surface area (Å²) in [6.45, 7) is 1.40. The second-order valence-corrected chi connectivity index (χ2v) is 5.36. The van der Waals surface area contributed by atoms with E-state index in [-0.39, 0.29) is 17.0 Å². The lowest BCUT2D eigenvalue weighted by Crippen LogP contribution is -2.30. The number of amides is 1. The fourth-order valence-electron chi connectivity index (χ4n) is 1.11. The van der Waals surface area contributed by atoms with Crippen LogP contribution >= 0.6 is 0 Å². The van der Waals surface area contributed by atoms with E-state index in [1.165, 1.54) is 31.2 Å². The monoisotopic (exact) mass is 258 g/mol. The first-order valence-corrected chi connectivity index (χ1v) is 6.39. The zero-order chi connectivity index (χ0) is 13.1. The molecule has 7 heteroatoms. The molecule has 4 N–H and O–H groups in total. The third-order valence-corrected chi connectivity index (χ3v) is 3.46.